The molecule has 0 aromatic heterocycles. The van der Waals surface area contributed by atoms with Crippen LogP contribution in [0.4, 0.5) is 8.78 Å². The number of hydrogen-bond acceptors (Lipinski definition) is 0. The summed E-state index contributed by atoms with van der Waals surface area (Å²) in [5.41, 5.74) is 0. The van der Waals surface area contributed by atoms with E-state index < -0.39 is 5.92 Å². The standard InChI is InChI=1S/C7H9BrF2/c8-4-1-2-5-6(3-4)7(5,9)10/h4-6H,1-3H2. The quantitative estimate of drug-likeness (QED) is 0.540. The minimum Gasteiger partial charge on any atom is -0.206 e. The van der Waals surface area contributed by atoms with Gasteiger partial charge in [0.05, 0.1) is 0 Å². The Kier molecular flexibility index (Phi) is 1.35. The maximum Gasteiger partial charge on any atom is 0.254 e. The van der Waals surface area contributed by atoms with Gasteiger partial charge in [-0.05, 0) is 19.3 Å². The van der Waals surface area contributed by atoms with Crippen LogP contribution in [0.3, 0.4) is 0 Å². The van der Waals surface area contributed by atoms with E-state index in [1.807, 2.05) is 0 Å². The molecule has 2 aliphatic carbocycles. The van der Waals surface area contributed by atoms with E-state index in [9.17, 15) is 8.78 Å². The van der Waals surface area contributed by atoms with Crippen molar-refractivity contribution in [1.29, 1.82) is 0 Å². The van der Waals surface area contributed by atoms with Gasteiger partial charge in [-0.25, -0.2) is 8.78 Å². The van der Waals surface area contributed by atoms with Gasteiger partial charge in [0.2, 0.25) is 0 Å². The summed E-state index contributed by atoms with van der Waals surface area (Å²) in [6, 6.07) is 0. The number of fused-ring (bicyclic) bond motifs is 1. The molecular weight excluding hydrogens is 202 g/mol. The third-order valence-corrected chi connectivity index (χ3v) is 3.50. The maximum atomic E-state index is 12.7. The maximum absolute atomic E-state index is 12.7. The SMILES string of the molecule is FC1(F)C2CCC(Br)CC21. The molecule has 0 aliphatic heterocycles. The third-order valence-electron chi connectivity index (χ3n) is 2.67. The lowest BCUT2D eigenvalue weighted by molar-refractivity contribution is 0.0851. The summed E-state index contributed by atoms with van der Waals surface area (Å²) >= 11 is 3.37. The predicted octanol–water partition coefficient (Wildman–Crippen LogP) is 2.82. The summed E-state index contributed by atoms with van der Waals surface area (Å²) in [5.74, 6) is -2.85. The van der Waals surface area contributed by atoms with E-state index in [2.05, 4.69) is 15.9 Å². The lowest BCUT2D eigenvalue weighted by Crippen LogP contribution is -2.06. The van der Waals surface area contributed by atoms with Gasteiger partial charge in [-0.3, -0.25) is 0 Å². The first-order valence-electron chi connectivity index (χ1n) is 3.64. The van der Waals surface area contributed by atoms with E-state index >= 15 is 0 Å². The lowest BCUT2D eigenvalue weighted by atomic mass is 10.0. The van der Waals surface area contributed by atoms with Crippen molar-refractivity contribution in [2.75, 3.05) is 0 Å². The Morgan fingerprint density at radius 1 is 1.20 bits per heavy atom. The number of rotatable bonds is 0. The molecule has 0 amide bonds. The van der Waals surface area contributed by atoms with E-state index in [-0.39, 0.29) is 11.8 Å². The monoisotopic (exact) mass is 210 g/mol. The number of alkyl halides is 3. The van der Waals surface area contributed by atoms with Crippen LogP contribution in [0.2, 0.25) is 0 Å². The van der Waals surface area contributed by atoms with Crippen molar-refractivity contribution in [3.05, 3.63) is 0 Å². The summed E-state index contributed by atoms with van der Waals surface area (Å²) in [4.78, 5) is 0.349. The molecule has 3 atom stereocenters. The highest BCUT2D eigenvalue weighted by Crippen LogP contribution is 2.62. The Bertz CT molecular complexity index is 158. The molecule has 0 bridgehead atoms. The van der Waals surface area contributed by atoms with Crippen molar-refractivity contribution < 1.29 is 8.78 Å². The average Bonchev–Trinajstić information content (AvgIpc) is 2.36. The van der Waals surface area contributed by atoms with Gasteiger partial charge in [-0.1, -0.05) is 15.9 Å². The van der Waals surface area contributed by atoms with Crippen molar-refractivity contribution >= 4 is 15.9 Å². The van der Waals surface area contributed by atoms with Crippen LogP contribution < -0.4 is 0 Å². The molecule has 0 aromatic carbocycles. The lowest BCUT2D eigenvalue weighted by Gasteiger charge is -2.11. The zero-order valence-corrected chi connectivity index (χ0v) is 7.07. The minimum atomic E-state index is -2.30. The second-order valence-electron chi connectivity index (χ2n) is 3.30. The Labute approximate surface area is 67.1 Å². The zero-order valence-electron chi connectivity index (χ0n) is 5.49. The number of hydrogen-bond donors (Lipinski definition) is 0. The molecule has 0 heterocycles. The first-order valence-corrected chi connectivity index (χ1v) is 4.56. The van der Waals surface area contributed by atoms with Gasteiger partial charge in [-0.2, -0.15) is 0 Å². The molecule has 0 nitrogen and oxygen atoms in total. The van der Waals surface area contributed by atoms with Crippen LogP contribution >= 0.6 is 15.9 Å². The van der Waals surface area contributed by atoms with Crippen LogP contribution in [-0.2, 0) is 0 Å². The van der Waals surface area contributed by atoms with Crippen LogP contribution in [0.15, 0.2) is 0 Å². The molecule has 0 spiro atoms. The topological polar surface area (TPSA) is 0 Å². The first kappa shape index (κ1) is 7.01. The summed E-state index contributed by atoms with van der Waals surface area (Å²) in [6.07, 6.45) is 2.32. The van der Waals surface area contributed by atoms with E-state index in [1.165, 1.54) is 0 Å². The van der Waals surface area contributed by atoms with E-state index in [0.717, 1.165) is 6.42 Å². The van der Waals surface area contributed by atoms with Crippen LogP contribution in [0.1, 0.15) is 19.3 Å². The fourth-order valence-electron chi connectivity index (χ4n) is 1.93. The average molecular weight is 211 g/mol. The van der Waals surface area contributed by atoms with Crippen LogP contribution in [0.5, 0.6) is 0 Å². The Morgan fingerprint density at radius 2 is 1.90 bits per heavy atom. The van der Waals surface area contributed by atoms with Crippen molar-refractivity contribution in [3.63, 3.8) is 0 Å². The van der Waals surface area contributed by atoms with E-state index in [4.69, 9.17) is 0 Å². The highest BCUT2D eigenvalue weighted by atomic mass is 79.9. The summed E-state index contributed by atoms with van der Waals surface area (Å²) in [7, 11) is 0. The van der Waals surface area contributed by atoms with Gasteiger partial charge < -0.3 is 0 Å². The van der Waals surface area contributed by atoms with Crippen molar-refractivity contribution in [2.45, 2.75) is 30.0 Å². The molecule has 0 N–H and O–H groups in total. The van der Waals surface area contributed by atoms with Gasteiger partial charge in [-0.15, -0.1) is 0 Å². The fraction of sp³-hybridized carbons (Fsp3) is 1.00. The van der Waals surface area contributed by atoms with Gasteiger partial charge >= 0.3 is 0 Å². The zero-order chi connectivity index (χ0) is 7.35. The second kappa shape index (κ2) is 1.93. The molecule has 0 aromatic rings. The highest BCUT2D eigenvalue weighted by Gasteiger charge is 2.68. The van der Waals surface area contributed by atoms with Crippen LogP contribution in [-0.4, -0.2) is 10.7 Å². The highest BCUT2D eigenvalue weighted by molar-refractivity contribution is 9.09. The van der Waals surface area contributed by atoms with Gasteiger partial charge in [0.15, 0.2) is 0 Å². The van der Waals surface area contributed by atoms with Crippen molar-refractivity contribution in [3.8, 4) is 0 Å². The van der Waals surface area contributed by atoms with Crippen LogP contribution in [0.25, 0.3) is 0 Å². The molecule has 3 heteroatoms. The summed E-state index contributed by atoms with van der Waals surface area (Å²) < 4.78 is 25.3. The summed E-state index contributed by atoms with van der Waals surface area (Å²) in [6.45, 7) is 0. The molecular formula is C7H9BrF2. The minimum absolute atomic E-state index is 0.263. The molecule has 3 unspecified atom stereocenters. The Balaban J connectivity index is 2.04. The van der Waals surface area contributed by atoms with Gasteiger partial charge in [0, 0.05) is 16.7 Å². The molecule has 0 saturated heterocycles. The predicted molar refractivity (Wildman–Crippen MR) is 38.5 cm³/mol. The molecule has 2 saturated carbocycles. The molecule has 10 heavy (non-hydrogen) atoms. The van der Waals surface area contributed by atoms with Gasteiger partial charge in [0.1, 0.15) is 0 Å². The fourth-order valence-corrected chi connectivity index (χ4v) is 2.60. The Morgan fingerprint density at radius 3 is 2.40 bits per heavy atom. The summed E-state index contributed by atoms with van der Waals surface area (Å²) in [5, 5.41) is 0. The Hall–Kier alpha value is 0.340. The normalized spacial score (nSPS) is 50.1. The van der Waals surface area contributed by atoms with E-state index in [0.29, 0.717) is 17.7 Å². The van der Waals surface area contributed by atoms with Crippen molar-refractivity contribution in [2.24, 2.45) is 11.8 Å². The van der Waals surface area contributed by atoms with Crippen LogP contribution in [0, 0.1) is 11.8 Å². The smallest absolute Gasteiger partial charge is 0.206 e. The number of halogens is 3. The largest absolute Gasteiger partial charge is 0.254 e. The molecule has 2 rings (SSSR count). The molecule has 2 fully saturated rings. The van der Waals surface area contributed by atoms with Crippen molar-refractivity contribution in [1.82, 2.24) is 0 Å². The molecule has 58 valence electrons. The molecule has 0 radical (unpaired) electrons. The second-order valence-corrected chi connectivity index (χ2v) is 4.59. The van der Waals surface area contributed by atoms with Gasteiger partial charge in [0.25, 0.3) is 5.92 Å². The first-order chi connectivity index (χ1) is 4.62. The molecule has 2 aliphatic rings. The van der Waals surface area contributed by atoms with E-state index in [1.54, 1.807) is 0 Å². The third kappa shape index (κ3) is 0.825.